The van der Waals surface area contributed by atoms with E-state index in [2.05, 4.69) is 22.0 Å². The van der Waals surface area contributed by atoms with Crippen LogP contribution in [0.15, 0.2) is 76.1 Å². The minimum absolute atomic E-state index is 0.247. The second-order valence-electron chi connectivity index (χ2n) is 8.71. The molecule has 0 N–H and O–H groups in total. The second kappa shape index (κ2) is 10.9. The molecule has 0 saturated carbocycles. The van der Waals surface area contributed by atoms with Gasteiger partial charge in [-0.3, -0.25) is 19.3 Å². The van der Waals surface area contributed by atoms with Crippen LogP contribution in [0.3, 0.4) is 0 Å². The average molecular weight is 581 g/mol. The largest absolute Gasteiger partial charge is 0.488 e. The average Bonchev–Trinajstić information content (AvgIpc) is 3.16. The number of carbonyl (C=O) groups is 3. The van der Waals surface area contributed by atoms with Crippen molar-refractivity contribution in [2.45, 2.75) is 19.6 Å². The summed E-state index contributed by atoms with van der Waals surface area (Å²) in [5.41, 5.74) is 3.84. The lowest BCUT2D eigenvalue weighted by molar-refractivity contribution is -0.136. The Balaban J connectivity index is 1.22. The number of amides is 3. The lowest BCUT2D eigenvalue weighted by Gasteiger charge is -2.29. The highest BCUT2D eigenvalue weighted by Crippen LogP contribution is 2.34. The van der Waals surface area contributed by atoms with E-state index >= 15 is 0 Å². The number of thioether (sulfide) groups is 1. The first kappa shape index (κ1) is 25.2. The molecule has 37 heavy (non-hydrogen) atoms. The van der Waals surface area contributed by atoms with Crippen molar-refractivity contribution in [1.82, 2.24) is 9.80 Å². The summed E-state index contributed by atoms with van der Waals surface area (Å²) in [6.07, 6.45) is 2.38. The lowest BCUT2D eigenvalue weighted by Crippen LogP contribution is -2.44. The number of hydrogen-bond acceptors (Lipinski definition) is 5. The normalized spacial score (nSPS) is 16.3. The summed E-state index contributed by atoms with van der Waals surface area (Å²) in [4.78, 5) is 41.4. The zero-order valence-corrected chi connectivity index (χ0v) is 22.1. The topological polar surface area (TPSA) is 66.9 Å². The van der Waals surface area contributed by atoms with Gasteiger partial charge >= 0.3 is 0 Å². The molecule has 0 bridgehead atoms. The summed E-state index contributed by atoms with van der Waals surface area (Å²) in [5, 5.41) is -0.458. The van der Waals surface area contributed by atoms with Crippen molar-refractivity contribution in [3.05, 3.63) is 104 Å². The van der Waals surface area contributed by atoms with E-state index in [0.717, 1.165) is 34.2 Å². The number of ether oxygens (including phenoxy) is 1. The van der Waals surface area contributed by atoms with Gasteiger partial charge in [-0.05, 0) is 86.7 Å². The molecule has 0 spiro atoms. The molecule has 1 saturated heterocycles. The summed E-state index contributed by atoms with van der Waals surface area (Å²) in [5.74, 6) is -0.444. The Morgan fingerprint density at radius 1 is 1.05 bits per heavy atom. The maximum absolute atomic E-state index is 13.1. The van der Waals surface area contributed by atoms with Gasteiger partial charge in [0, 0.05) is 13.1 Å². The summed E-state index contributed by atoms with van der Waals surface area (Å²) < 4.78 is 19.5. The highest BCUT2D eigenvalue weighted by atomic mass is 79.9. The Morgan fingerprint density at radius 3 is 2.57 bits per heavy atom. The minimum Gasteiger partial charge on any atom is -0.488 e. The molecule has 2 aliphatic heterocycles. The van der Waals surface area contributed by atoms with Crippen LogP contribution in [-0.2, 0) is 29.2 Å². The van der Waals surface area contributed by atoms with Gasteiger partial charge in [0.2, 0.25) is 5.91 Å². The molecule has 3 amide bonds. The van der Waals surface area contributed by atoms with Crippen LogP contribution in [0, 0.1) is 5.82 Å². The van der Waals surface area contributed by atoms with Crippen molar-refractivity contribution in [1.29, 1.82) is 0 Å². The quantitative estimate of drug-likeness (QED) is 0.345. The minimum atomic E-state index is -0.478. The summed E-state index contributed by atoms with van der Waals surface area (Å²) in [6, 6.07) is 19.3. The zero-order chi connectivity index (χ0) is 25.9. The van der Waals surface area contributed by atoms with Crippen molar-refractivity contribution >= 4 is 50.8 Å². The first-order chi connectivity index (χ1) is 17.9. The number of halogens is 2. The number of hydrogen-bond donors (Lipinski definition) is 0. The number of fused-ring (bicyclic) bond motifs is 1. The van der Waals surface area contributed by atoms with Crippen LogP contribution in [0.5, 0.6) is 5.75 Å². The zero-order valence-electron chi connectivity index (χ0n) is 19.7. The van der Waals surface area contributed by atoms with Gasteiger partial charge in [-0.2, -0.15) is 0 Å². The van der Waals surface area contributed by atoms with Gasteiger partial charge in [0.25, 0.3) is 11.1 Å². The van der Waals surface area contributed by atoms with Crippen molar-refractivity contribution in [2.75, 3.05) is 13.1 Å². The van der Waals surface area contributed by atoms with Crippen LogP contribution in [0.2, 0.25) is 0 Å². The van der Waals surface area contributed by atoms with Crippen molar-refractivity contribution in [3.8, 4) is 5.75 Å². The first-order valence-electron chi connectivity index (χ1n) is 11.6. The molecule has 2 heterocycles. The van der Waals surface area contributed by atoms with E-state index in [1.54, 1.807) is 41.3 Å². The van der Waals surface area contributed by atoms with Gasteiger partial charge in [0.15, 0.2) is 0 Å². The molecule has 3 aromatic carbocycles. The molecule has 1 fully saturated rings. The van der Waals surface area contributed by atoms with Gasteiger partial charge in [-0.25, -0.2) is 4.39 Å². The molecule has 0 atom stereocenters. The lowest BCUT2D eigenvalue weighted by atomic mass is 10.00. The SMILES string of the molecule is O=C(CN1C(=O)S/C(=C\c2ccc(OCc3ccc(F)cc3)c(Br)c2)C1=O)N1CCc2ccccc2C1. The van der Waals surface area contributed by atoms with Crippen LogP contribution in [0.1, 0.15) is 22.3 Å². The molecule has 2 aliphatic rings. The predicted octanol–water partition coefficient (Wildman–Crippen LogP) is 5.79. The van der Waals surface area contributed by atoms with Crippen molar-refractivity contribution in [2.24, 2.45) is 0 Å². The maximum atomic E-state index is 13.1. The molecular weight excluding hydrogens is 559 g/mol. The van der Waals surface area contributed by atoms with E-state index in [1.165, 1.54) is 17.7 Å². The Morgan fingerprint density at radius 2 is 1.81 bits per heavy atom. The highest BCUT2D eigenvalue weighted by Gasteiger charge is 2.37. The van der Waals surface area contributed by atoms with Gasteiger partial charge in [0.05, 0.1) is 9.38 Å². The molecular formula is C28H22BrFN2O4S. The summed E-state index contributed by atoms with van der Waals surface area (Å²) in [6.45, 7) is 1.04. The Bertz CT molecular complexity index is 1410. The molecule has 0 radical (unpaired) electrons. The molecule has 5 rings (SSSR count). The molecule has 0 unspecified atom stereocenters. The fraction of sp³-hybridized carbons (Fsp3) is 0.179. The van der Waals surface area contributed by atoms with Crippen LogP contribution in [0.25, 0.3) is 6.08 Å². The van der Waals surface area contributed by atoms with E-state index in [1.807, 2.05) is 18.2 Å². The molecule has 3 aromatic rings. The van der Waals surface area contributed by atoms with E-state index in [9.17, 15) is 18.8 Å². The Hall–Kier alpha value is -3.43. The second-order valence-corrected chi connectivity index (χ2v) is 10.6. The van der Waals surface area contributed by atoms with E-state index < -0.39 is 11.1 Å². The van der Waals surface area contributed by atoms with E-state index in [0.29, 0.717) is 28.9 Å². The highest BCUT2D eigenvalue weighted by molar-refractivity contribution is 9.10. The van der Waals surface area contributed by atoms with Crippen LogP contribution >= 0.6 is 27.7 Å². The third-order valence-electron chi connectivity index (χ3n) is 6.21. The number of imide groups is 1. The molecule has 0 aromatic heterocycles. The number of carbonyl (C=O) groups excluding carboxylic acids is 3. The van der Waals surface area contributed by atoms with Crippen molar-refractivity contribution < 1.29 is 23.5 Å². The molecule has 188 valence electrons. The number of nitrogens with zero attached hydrogens (tertiary/aromatic N) is 2. The fourth-order valence-electron chi connectivity index (χ4n) is 4.20. The molecule has 9 heteroatoms. The predicted molar refractivity (Wildman–Crippen MR) is 143 cm³/mol. The van der Waals surface area contributed by atoms with Gasteiger partial charge in [-0.1, -0.05) is 42.5 Å². The van der Waals surface area contributed by atoms with Gasteiger partial charge < -0.3 is 9.64 Å². The Kier molecular flexibility index (Phi) is 7.43. The fourth-order valence-corrected chi connectivity index (χ4v) is 5.55. The maximum Gasteiger partial charge on any atom is 0.294 e. The third-order valence-corrected chi connectivity index (χ3v) is 7.74. The van der Waals surface area contributed by atoms with Gasteiger partial charge in [-0.15, -0.1) is 0 Å². The van der Waals surface area contributed by atoms with E-state index in [-0.39, 0.29) is 29.8 Å². The van der Waals surface area contributed by atoms with Crippen molar-refractivity contribution in [3.63, 3.8) is 0 Å². The van der Waals surface area contributed by atoms with E-state index in [4.69, 9.17) is 4.74 Å². The van der Waals surface area contributed by atoms with Crippen LogP contribution in [-0.4, -0.2) is 39.9 Å². The van der Waals surface area contributed by atoms with Gasteiger partial charge in [0.1, 0.15) is 24.7 Å². The third kappa shape index (κ3) is 5.78. The monoisotopic (exact) mass is 580 g/mol. The summed E-state index contributed by atoms with van der Waals surface area (Å²) in [7, 11) is 0. The number of benzene rings is 3. The molecule has 0 aliphatic carbocycles. The Labute approximate surface area is 226 Å². The summed E-state index contributed by atoms with van der Waals surface area (Å²) >= 11 is 4.30. The van der Waals surface area contributed by atoms with Crippen LogP contribution < -0.4 is 4.74 Å². The standard InChI is InChI=1S/C28H22BrFN2O4S/c29-23-13-19(7-10-24(23)36-17-18-5-8-22(30)9-6-18)14-25-27(34)32(28(35)37-25)16-26(33)31-12-11-20-3-1-2-4-21(20)15-31/h1-10,13-14H,11-12,15-17H2/b25-14-. The molecule has 6 nitrogen and oxygen atoms in total. The number of rotatable bonds is 6. The smallest absolute Gasteiger partial charge is 0.294 e. The van der Waals surface area contributed by atoms with Crippen LogP contribution in [0.4, 0.5) is 9.18 Å². The first-order valence-corrected chi connectivity index (χ1v) is 13.2.